The van der Waals surface area contributed by atoms with E-state index in [9.17, 15) is 0 Å². The quantitative estimate of drug-likeness (QED) is 0.198. The van der Waals surface area contributed by atoms with Crippen molar-refractivity contribution in [2.45, 2.75) is 0 Å². The van der Waals surface area contributed by atoms with Gasteiger partial charge in [0.15, 0.2) is 0 Å². The van der Waals surface area contributed by atoms with Crippen LogP contribution in [0.4, 0.5) is 0 Å². The molecule has 0 aliphatic carbocycles. The Morgan fingerprint density at radius 2 is 1.00 bits per heavy atom. The Morgan fingerprint density at radius 1 is 0.419 bits per heavy atom. The Hall–Kier alpha value is -5.66. The summed E-state index contributed by atoms with van der Waals surface area (Å²) in [4.78, 5) is 0. The van der Waals surface area contributed by atoms with Crippen LogP contribution in [0.5, 0.6) is 0 Å². The van der Waals surface area contributed by atoms with Gasteiger partial charge in [0, 0.05) is 21.9 Å². The molecule has 0 aliphatic rings. The van der Waals surface area contributed by atoms with Gasteiger partial charge in [-0.3, -0.25) is 0 Å². The van der Waals surface area contributed by atoms with Crippen LogP contribution < -0.4 is 0 Å². The van der Waals surface area contributed by atoms with Gasteiger partial charge in [0.05, 0.1) is 9.60 Å². The van der Waals surface area contributed by atoms with E-state index >= 15 is 0 Å². The van der Waals surface area contributed by atoms with Gasteiger partial charge in [-0.15, -0.1) is 0 Å². The maximum atomic E-state index is 8.99. The summed E-state index contributed by atoms with van der Waals surface area (Å²) in [5.74, 6) is 0. The van der Waals surface area contributed by atoms with Crippen molar-refractivity contribution < 1.29 is 14.0 Å². The number of benzene rings is 8. The van der Waals surface area contributed by atoms with Crippen molar-refractivity contribution >= 4 is 54.3 Å². The minimum Gasteiger partial charge on any atom is -0.455 e. The molecule has 0 fully saturated rings. The fourth-order valence-corrected chi connectivity index (χ4v) is 6.40. The Morgan fingerprint density at radius 3 is 1.72 bits per heavy atom. The molecule has 0 N–H and O–H groups in total. The number of hydrogen-bond donors (Lipinski definition) is 0. The molecule has 1 nitrogen and oxygen atoms in total. The van der Waals surface area contributed by atoms with Crippen molar-refractivity contribution in [3.05, 3.63) is 158 Å². The molecule has 1 aromatic heterocycles. The van der Waals surface area contributed by atoms with Gasteiger partial charge in [0.1, 0.15) is 11.2 Å². The molecule has 0 aliphatic heterocycles. The van der Waals surface area contributed by atoms with Crippen molar-refractivity contribution in [1.29, 1.82) is 0 Å². The smallest absolute Gasteiger partial charge is 0.143 e. The number of rotatable bonds is 3. The minimum atomic E-state index is -0.480. The van der Waals surface area contributed by atoms with Gasteiger partial charge in [-0.05, 0) is 66.7 Å². The zero-order chi connectivity index (χ0) is 34.4. The van der Waals surface area contributed by atoms with E-state index in [1.807, 2.05) is 66.7 Å². The molecular weight excluding hydrogens is 520 g/mol. The van der Waals surface area contributed by atoms with Gasteiger partial charge >= 0.3 is 0 Å². The largest absolute Gasteiger partial charge is 0.455 e. The summed E-state index contributed by atoms with van der Waals surface area (Å²) < 4.78 is 66.0. The van der Waals surface area contributed by atoms with Crippen LogP contribution in [0.1, 0.15) is 9.60 Å². The summed E-state index contributed by atoms with van der Waals surface area (Å²) in [5, 5.41) is 6.23. The second kappa shape index (κ2) is 9.44. The molecular formula is C42H26O. The summed E-state index contributed by atoms with van der Waals surface area (Å²) >= 11 is 0. The van der Waals surface area contributed by atoms with Gasteiger partial charge in [0.2, 0.25) is 0 Å². The van der Waals surface area contributed by atoms with Crippen molar-refractivity contribution in [3.8, 4) is 33.4 Å². The molecule has 0 radical (unpaired) electrons. The van der Waals surface area contributed by atoms with Gasteiger partial charge in [-0.1, -0.05) is 145 Å². The Kier molecular flexibility index (Phi) is 3.95. The van der Waals surface area contributed by atoms with Crippen molar-refractivity contribution in [1.82, 2.24) is 0 Å². The average Bonchev–Trinajstić information content (AvgIpc) is 3.53. The van der Waals surface area contributed by atoms with Crippen LogP contribution in [-0.4, -0.2) is 0 Å². The SMILES string of the molecule is [2H]c1c([2H])c([2H])c2c([2H])c(-c3ccc(-c4c5ccccc5c(-c5cccc6c5oc5ccccc56)c5ccccc45)cc3)c([2H])c([2H])c2c1[2H]. The first kappa shape index (κ1) is 18.0. The molecule has 0 spiro atoms. The van der Waals surface area contributed by atoms with E-state index in [4.69, 9.17) is 14.0 Å². The maximum Gasteiger partial charge on any atom is 0.143 e. The number of fused-ring (bicyclic) bond motifs is 6. The van der Waals surface area contributed by atoms with Crippen LogP contribution >= 0.6 is 0 Å². The first-order chi connectivity index (χ1) is 24.3. The lowest BCUT2D eigenvalue weighted by atomic mass is 9.85. The van der Waals surface area contributed by atoms with E-state index in [1.54, 1.807) is 0 Å². The van der Waals surface area contributed by atoms with Crippen LogP contribution in [-0.2, 0) is 0 Å². The summed E-state index contributed by atoms with van der Waals surface area (Å²) in [5.41, 5.74) is 6.43. The van der Waals surface area contributed by atoms with Crippen molar-refractivity contribution in [2.75, 3.05) is 0 Å². The topological polar surface area (TPSA) is 13.1 Å². The molecule has 1 heterocycles. The number of furan rings is 1. The lowest BCUT2D eigenvalue weighted by molar-refractivity contribution is 0.670. The first-order valence-corrected chi connectivity index (χ1v) is 14.2. The minimum absolute atomic E-state index is 0.0527. The second-order valence-corrected chi connectivity index (χ2v) is 10.7. The van der Waals surface area contributed by atoms with Crippen LogP contribution in [0.3, 0.4) is 0 Å². The van der Waals surface area contributed by atoms with Crippen LogP contribution in [0.25, 0.3) is 87.6 Å². The summed E-state index contributed by atoms with van der Waals surface area (Å²) in [7, 11) is 0. The van der Waals surface area contributed by atoms with Crippen LogP contribution in [0.2, 0.25) is 0 Å². The summed E-state index contributed by atoms with van der Waals surface area (Å²) in [6, 6.07) is 36.1. The summed E-state index contributed by atoms with van der Waals surface area (Å²) in [6.45, 7) is 0. The van der Waals surface area contributed by atoms with E-state index < -0.39 is 18.1 Å². The standard InChI is InChI=1S/C42H26O/c1-2-11-30-26-31(25-22-27(30)10-1)28-20-23-29(24-21-28)40-33-13-3-5-15-35(33)41(36-16-6-4-14-34(36)40)38-18-9-17-37-32-12-7-8-19-39(32)43-42(37)38/h1-26H/i1D,2D,10D,11D,22D,25D,26D. The monoisotopic (exact) mass is 553 g/mol. The number of para-hydroxylation sites is 2. The second-order valence-electron chi connectivity index (χ2n) is 10.7. The Balaban J connectivity index is 1.28. The fraction of sp³-hybridized carbons (Fsp3) is 0. The molecule has 1 heteroatoms. The Labute approximate surface area is 259 Å². The third-order valence-electron chi connectivity index (χ3n) is 8.32. The highest BCUT2D eigenvalue weighted by Crippen LogP contribution is 2.46. The molecule has 9 rings (SSSR count). The highest BCUT2D eigenvalue weighted by atomic mass is 16.3. The van der Waals surface area contributed by atoms with E-state index in [-0.39, 0.29) is 40.5 Å². The third-order valence-corrected chi connectivity index (χ3v) is 8.32. The predicted molar refractivity (Wildman–Crippen MR) is 183 cm³/mol. The normalized spacial score (nSPS) is 14.0. The molecule has 43 heavy (non-hydrogen) atoms. The van der Waals surface area contributed by atoms with Crippen molar-refractivity contribution in [2.24, 2.45) is 0 Å². The van der Waals surface area contributed by atoms with Gasteiger partial charge in [0.25, 0.3) is 0 Å². The predicted octanol–water partition coefficient (Wildman–Crippen LogP) is 12.0. The molecule has 0 unspecified atom stereocenters. The molecule has 8 aromatic carbocycles. The van der Waals surface area contributed by atoms with Gasteiger partial charge < -0.3 is 4.42 Å². The Bertz CT molecular complexity index is 2830. The van der Waals surface area contributed by atoms with Crippen molar-refractivity contribution in [3.63, 3.8) is 0 Å². The van der Waals surface area contributed by atoms with E-state index in [1.165, 1.54) is 0 Å². The van der Waals surface area contributed by atoms with Crippen LogP contribution in [0, 0.1) is 0 Å². The highest BCUT2D eigenvalue weighted by Gasteiger charge is 2.20. The van der Waals surface area contributed by atoms with E-state index in [0.29, 0.717) is 5.56 Å². The van der Waals surface area contributed by atoms with Gasteiger partial charge in [-0.2, -0.15) is 0 Å². The lowest BCUT2D eigenvalue weighted by Gasteiger charge is -2.18. The zero-order valence-electron chi connectivity index (χ0n) is 29.9. The fourth-order valence-electron chi connectivity index (χ4n) is 6.40. The molecule has 0 atom stereocenters. The van der Waals surface area contributed by atoms with E-state index in [0.717, 1.165) is 65.7 Å². The summed E-state index contributed by atoms with van der Waals surface area (Å²) in [6.07, 6.45) is 0. The molecule has 0 saturated heterocycles. The lowest BCUT2D eigenvalue weighted by Crippen LogP contribution is -1.91. The maximum absolute atomic E-state index is 8.99. The van der Waals surface area contributed by atoms with Gasteiger partial charge in [-0.25, -0.2) is 0 Å². The molecule has 0 amide bonds. The first-order valence-electron chi connectivity index (χ1n) is 17.7. The molecule has 9 aromatic rings. The zero-order valence-corrected chi connectivity index (χ0v) is 22.9. The van der Waals surface area contributed by atoms with Crippen LogP contribution in [0.15, 0.2) is 162 Å². The molecule has 0 saturated carbocycles. The van der Waals surface area contributed by atoms with E-state index in [2.05, 4.69) is 48.5 Å². The average molecular weight is 554 g/mol. The highest BCUT2D eigenvalue weighted by molar-refractivity contribution is 6.24. The molecule has 0 bridgehead atoms. The third kappa shape index (κ3) is 3.72. The molecule has 200 valence electrons. The number of hydrogen-bond acceptors (Lipinski definition) is 1.